The van der Waals surface area contributed by atoms with Gasteiger partial charge in [0, 0.05) is 0 Å². The zero-order valence-corrected chi connectivity index (χ0v) is 26.6. The first kappa shape index (κ1) is 28.5. The van der Waals surface area contributed by atoms with Crippen molar-refractivity contribution in [3.63, 3.8) is 0 Å². The molecule has 0 radical (unpaired) electrons. The second-order valence-electron chi connectivity index (χ2n) is 14.4. The lowest BCUT2D eigenvalue weighted by Crippen LogP contribution is -2.36. The van der Waals surface area contributed by atoms with E-state index in [1.54, 1.807) is 5.57 Å². The first-order valence-corrected chi connectivity index (χ1v) is 15.9. The van der Waals surface area contributed by atoms with Gasteiger partial charge in [0.25, 0.3) is 0 Å². The van der Waals surface area contributed by atoms with Gasteiger partial charge in [0.15, 0.2) is 0 Å². The number of hydrogen-bond donors (Lipinski definition) is 0. The van der Waals surface area contributed by atoms with E-state index in [1.807, 2.05) is 0 Å². The highest BCUT2D eigenvalue weighted by molar-refractivity contribution is 5.82. The maximum absolute atomic E-state index is 2.49. The van der Waals surface area contributed by atoms with Crippen molar-refractivity contribution in [1.82, 2.24) is 0 Å². The SMILES string of the molecule is CCCC1=C(C(c2ccccc2)(c2ccccc2)c2c(C(C)(C)C)ccc3c2Cc2cc(C(C)(C)C)ccc2-3)CC=C1. The summed E-state index contributed by atoms with van der Waals surface area (Å²) in [6, 6.07) is 34.9. The first-order chi connectivity index (χ1) is 20.1. The number of allylic oxidation sites excluding steroid dienone is 4. The van der Waals surface area contributed by atoms with Crippen LogP contribution in [0.2, 0.25) is 0 Å². The molecule has 42 heavy (non-hydrogen) atoms. The second-order valence-corrected chi connectivity index (χ2v) is 14.4. The zero-order valence-electron chi connectivity index (χ0n) is 26.6. The van der Waals surface area contributed by atoms with Crippen LogP contribution in [-0.4, -0.2) is 0 Å². The van der Waals surface area contributed by atoms with E-state index < -0.39 is 0 Å². The molecule has 0 saturated carbocycles. The van der Waals surface area contributed by atoms with Crippen LogP contribution in [0.3, 0.4) is 0 Å². The Hall–Kier alpha value is -3.64. The van der Waals surface area contributed by atoms with E-state index in [4.69, 9.17) is 0 Å². The monoisotopic (exact) mass is 550 g/mol. The Bertz CT molecular complexity index is 1620. The molecule has 0 spiro atoms. The van der Waals surface area contributed by atoms with E-state index >= 15 is 0 Å². The molecule has 0 atom stereocenters. The van der Waals surface area contributed by atoms with Gasteiger partial charge in [-0.05, 0) is 91.3 Å². The van der Waals surface area contributed by atoms with Crippen LogP contribution in [0.25, 0.3) is 11.1 Å². The third kappa shape index (κ3) is 4.60. The van der Waals surface area contributed by atoms with Gasteiger partial charge >= 0.3 is 0 Å². The van der Waals surface area contributed by atoms with Crippen LogP contribution < -0.4 is 0 Å². The average molecular weight is 551 g/mol. The molecule has 0 bridgehead atoms. The molecule has 0 unspecified atom stereocenters. The second kappa shape index (κ2) is 10.6. The highest BCUT2D eigenvalue weighted by atomic mass is 14.5. The summed E-state index contributed by atoms with van der Waals surface area (Å²) in [4.78, 5) is 0. The number of hydrogen-bond acceptors (Lipinski definition) is 0. The Morgan fingerprint density at radius 1 is 0.643 bits per heavy atom. The molecule has 0 saturated heterocycles. The molecule has 0 N–H and O–H groups in total. The molecule has 2 aliphatic rings. The molecule has 0 aromatic heterocycles. The van der Waals surface area contributed by atoms with Gasteiger partial charge in [0.05, 0.1) is 5.41 Å². The Labute approximate surface area is 254 Å². The van der Waals surface area contributed by atoms with Crippen LogP contribution in [0.1, 0.15) is 107 Å². The highest BCUT2D eigenvalue weighted by Gasteiger charge is 2.46. The largest absolute Gasteiger partial charge is 0.0801 e. The van der Waals surface area contributed by atoms with Crippen LogP contribution in [0.4, 0.5) is 0 Å². The Morgan fingerprint density at radius 3 is 1.83 bits per heavy atom. The lowest BCUT2D eigenvalue weighted by Gasteiger charge is -2.43. The van der Waals surface area contributed by atoms with Gasteiger partial charge < -0.3 is 0 Å². The summed E-state index contributed by atoms with van der Waals surface area (Å²) in [6.45, 7) is 16.5. The first-order valence-electron chi connectivity index (χ1n) is 15.9. The van der Waals surface area contributed by atoms with Crippen LogP contribution in [0, 0.1) is 0 Å². The van der Waals surface area contributed by atoms with Gasteiger partial charge in [0.2, 0.25) is 0 Å². The number of fused-ring (bicyclic) bond motifs is 3. The number of benzene rings is 4. The summed E-state index contributed by atoms with van der Waals surface area (Å²) < 4.78 is 0. The fourth-order valence-electron chi connectivity index (χ4n) is 7.58. The van der Waals surface area contributed by atoms with Crippen molar-refractivity contribution in [2.45, 2.75) is 90.4 Å². The Balaban J connectivity index is 1.77. The fourth-order valence-corrected chi connectivity index (χ4v) is 7.58. The highest BCUT2D eigenvalue weighted by Crippen LogP contribution is 2.56. The predicted octanol–water partition coefficient (Wildman–Crippen LogP) is 11.2. The molecule has 0 fully saturated rings. The molecular formula is C42H46. The van der Waals surface area contributed by atoms with Crippen molar-refractivity contribution < 1.29 is 0 Å². The molecule has 4 aromatic rings. The van der Waals surface area contributed by atoms with Crippen molar-refractivity contribution in [2.75, 3.05) is 0 Å². The van der Waals surface area contributed by atoms with Gasteiger partial charge in [0.1, 0.15) is 0 Å². The van der Waals surface area contributed by atoms with Crippen molar-refractivity contribution in [3.05, 3.63) is 153 Å². The minimum Gasteiger partial charge on any atom is -0.0801 e. The normalized spacial score (nSPS) is 14.8. The molecule has 4 aromatic carbocycles. The molecule has 0 heterocycles. The summed E-state index contributed by atoms with van der Waals surface area (Å²) in [5.41, 5.74) is 15.7. The third-order valence-corrected chi connectivity index (χ3v) is 9.54. The zero-order chi connectivity index (χ0) is 29.7. The van der Waals surface area contributed by atoms with Crippen molar-refractivity contribution in [1.29, 1.82) is 0 Å². The molecule has 0 aliphatic heterocycles. The van der Waals surface area contributed by atoms with Crippen molar-refractivity contribution in [2.24, 2.45) is 0 Å². The van der Waals surface area contributed by atoms with Gasteiger partial charge in [-0.15, -0.1) is 0 Å². The van der Waals surface area contributed by atoms with Crippen LogP contribution in [-0.2, 0) is 22.7 Å². The van der Waals surface area contributed by atoms with Crippen molar-refractivity contribution >= 4 is 0 Å². The van der Waals surface area contributed by atoms with Crippen LogP contribution >= 0.6 is 0 Å². The van der Waals surface area contributed by atoms with E-state index in [9.17, 15) is 0 Å². The summed E-state index contributed by atoms with van der Waals surface area (Å²) >= 11 is 0. The lowest BCUT2D eigenvalue weighted by atomic mass is 9.59. The predicted molar refractivity (Wildman–Crippen MR) is 181 cm³/mol. The molecule has 0 amide bonds. The summed E-state index contributed by atoms with van der Waals surface area (Å²) in [5.74, 6) is 0. The molecule has 0 nitrogen and oxygen atoms in total. The van der Waals surface area contributed by atoms with E-state index in [1.165, 1.54) is 55.6 Å². The Kier molecular flexibility index (Phi) is 7.17. The van der Waals surface area contributed by atoms with Gasteiger partial charge in [-0.25, -0.2) is 0 Å². The van der Waals surface area contributed by atoms with Gasteiger partial charge in [-0.1, -0.05) is 158 Å². The summed E-state index contributed by atoms with van der Waals surface area (Å²) in [6.07, 6.45) is 9.02. The topological polar surface area (TPSA) is 0 Å². The third-order valence-electron chi connectivity index (χ3n) is 9.54. The molecule has 2 aliphatic carbocycles. The lowest BCUT2D eigenvalue weighted by molar-refractivity contribution is 0.562. The average Bonchev–Trinajstić information content (AvgIpc) is 3.58. The fraction of sp³-hybridized carbons (Fsp3) is 0.333. The summed E-state index contributed by atoms with van der Waals surface area (Å²) in [5, 5.41) is 0. The standard InChI is InChI=1S/C42H46/c1-8-16-29-17-15-22-37(29)42(31-18-11-9-12-19-31,32-20-13-10-14-21-32)39-36-28-30-27-33(40(2,3)4)23-24-34(30)35(36)25-26-38(39)41(5,6)7/h9-15,17-21,23-27H,8,16,22,28H2,1-7H3. The molecule has 6 rings (SSSR count). The van der Waals surface area contributed by atoms with E-state index in [-0.39, 0.29) is 16.2 Å². The molecule has 0 heteroatoms. The van der Waals surface area contributed by atoms with Gasteiger partial charge in [-0.3, -0.25) is 0 Å². The molecular weight excluding hydrogens is 504 g/mol. The van der Waals surface area contributed by atoms with Crippen LogP contribution in [0.15, 0.2) is 114 Å². The quantitative estimate of drug-likeness (QED) is 0.184. The van der Waals surface area contributed by atoms with E-state index in [0.29, 0.717) is 0 Å². The Morgan fingerprint density at radius 2 is 1.26 bits per heavy atom. The summed E-state index contributed by atoms with van der Waals surface area (Å²) in [7, 11) is 0. The van der Waals surface area contributed by atoms with Gasteiger partial charge in [-0.2, -0.15) is 0 Å². The molecule has 214 valence electrons. The van der Waals surface area contributed by atoms with Crippen LogP contribution in [0.5, 0.6) is 0 Å². The minimum atomic E-state index is -0.390. The maximum Gasteiger partial charge on any atom is 0.0676 e. The van der Waals surface area contributed by atoms with E-state index in [0.717, 1.165) is 25.7 Å². The maximum atomic E-state index is 2.49. The minimum absolute atomic E-state index is 0.0258. The smallest absolute Gasteiger partial charge is 0.0676 e. The van der Waals surface area contributed by atoms with Crippen molar-refractivity contribution in [3.8, 4) is 11.1 Å². The van der Waals surface area contributed by atoms with E-state index in [2.05, 4.69) is 152 Å². The number of rotatable bonds is 6.